The van der Waals surface area contributed by atoms with Crippen LogP contribution < -0.4 is 14.8 Å². The van der Waals surface area contributed by atoms with E-state index in [4.69, 9.17) is 9.47 Å². The molecular weight excluding hydrogens is 372 g/mol. The summed E-state index contributed by atoms with van der Waals surface area (Å²) >= 11 is 0. The molecule has 6 nitrogen and oxygen atoms in total. The summed E-state index contributed by atoms with van der Waals surface area (Å²) in [5.74, 6) is -1.19. The lowest BCUT2D eigenvalue weighted by molar-refractivity contribution is -0.119. The summed E-state index contributed by atoms with van der Waals surface area (Å²) in [7, 11) is 1.25. The van der Waals surface area contributed by atoms with Gasteiger partial charge in [0.1, 0.15) is 0 Å². The van der Waals surface area contributed by atoms with Crippen molar-refractivity contribution in [2.75, 3.05) is 19.0 Å². The first-order valence-corrected chi connectivity index (χ1v) is 8.50. The van der Waals surface area contributed by atoms with Crippen LogP contribution in [0.25, 0.3) is 0 Å². The number of halogens is 2. The van der Waals surface area contributed by atoms with Gasteiger partial charge in [0.2, 0.25) is 0 Å². The maximum Gasteiger partial charge on any atom is 0.387 e. The van der Waals surface area contributed by atoms with E-state index in [0.29, 0.717) is 11.6 Å². The van der Waals surface area contributed by atoms with Gasteiger partial charge < -0.3 is 19.5 Å². The van der Waals surface area contributed by atoms with Crippen LogP contribution in [0.5, 0.6) is 11.5 Å². The predicted octanol–water partition coefficient (Wildman–Crippen LogP) is 4.22. The van der Waals surface area contributed by atoms with E-state index in [-0.39, 0.29) is 17.1 Å². The number of esters is 1. The Balaban J connectivity index is 1.93. The molecule has 0 saturated carbocycles. The third kappa shape index (κ3) is 5.94. The summed E-state index contributed by atoms with van der Waals surface area (Å²) in [6.45, 7) is 0.607. The van der Waals surface area contributed by atoms with Crippen molar-refractivity contribution in [3.05, 3.63) is 53.6 Å². The number of anilines is 1. The Morgan fingerprint density at radius 3 is 2.29 bits per heavy atom. The molecule has 1 N–H and O–H groups in total. The molecule has 0 spiro atoms. The van der Waals surface area contributed by atoms with Gasteiger partial charge in [-0.25, -0.2) is 4.79 Å². The van der Waals surface area contributed by atoms with Gasteiger partial charge in [-0.3, -0.25) is 4.79 Å². The highest BCUT2D eigenvalue weighted by molar-refractivity contribution is 5.95. The SMILES string of the molecule is COc1cc(C(=O)OCC(=O)Nc2ccc(C(C)C)cc2)ccc1OC(F)F. The predicted molar refractivity (Wildman–Crippen MR) is 99.1 cm³/mol. The number of rotatable bonds is 8. The Morgan fingerprint density at radius 1 is 1.04 bits per heavy atom. The molecule has 0 unspecified atom stereocenters. The third-order valence-electron chi connectivity index (χ3n) is 3.81. The lowest BCUT2D eigenvalue weighted by Crippen LogP contribution is -2.21. The summed E-state index contributed by atoms with van der Waals surface area (Å²) in [5.41, 5.74) is 1.76. The number of benzene rings is 2. The van der Waals surface area contributed by atoms with Crippen LogP contribution in [-0.4, -0.2) is 32.2 Å². The zero-order valence-electron chi connectivity index (χ0n) is 15.7. The Labute approximate surface area is 161 Å². The highest BCUT2D eigenvalue weighted by Crippen LogP contribution is 2.29. The largest absolute Gasteiger partial charge is 0.493 e. The van der Waals surface area contributed by atoms with Gasteiger partial charge in [0.15, 0.2) is 18.1 Å². The van der Waals surface area contributed by atoms with E-state index in [0.717, 1.165) is 11.6 Å². The second-order valence-corrected chi connectivity index (χ2v) is 6.15. The molecule has 0 aliphatic heterocycles. The smallest absolute Gasteiger partial charge is 0.387 e. The molecule has 1 amide bonds. The fourth-order valence-electron chi connectivity index (χ4n) is 2.35. The summed E-state index contributed by atoms with van der Waals surface area (Å²) in [6.07, 6.45) is 0. The van der Waals surface area contributed by atoms with Crippen LogP contribution in [0.1, 0.15) is 35.7 Å². The standard InChI is InChI=1S/C20H21F2NO5/c1-12(2)13-4-7-15(8-5-13)23-18(24)11-27-19(25)14-6-9-16(28-20(21)22)17(10-14)26-3/h4-10,12,20H,11H2,1-3H3,(H,23,24). The van der Waals surface area contributed by atoms with E-state index >= 15 is 0 Å². The lowest BCUT2D eigenvalue weighted by atomic mass is 10.0. The molecule has 2 aromatic carbocycles. The van der Waals surface area contributed by atoms with E-state index in [2.05, 4.69) is 23.9 Å². The first-order valence-electron chi connectivity index (χ1n) is 8.50. The molecular formula is C20H21F2NO5. The molecule has 0 aromatic heterocycles. The second kappa shape index (κ2) is 9.68. The van der Waals surface area contributed by atoms with Crippen LogP contribution in [0, 0.1) is 0 Å². The molecule has 150 valence electrons. The fourth-order valence-corrected chi connectivity index (χ4v) is 2.35. The van der Waals surface area contributed by atoms with Gasteiger partial charge in [-0.1, -0.05) is 26.0 Å². The van der Waals surface area contributed by atoms with Gasteiger partial charge in [0, 0.05) is 5.69 Å². The van der Waals surface area contributed by atoms with Crippen molar-refractivity contribution in [2.45, 2.75) is 26.4 Å². The second-order valence-electron chi connectivity index (χ2n) is 6.15. The van der Waals surface area contributed by atoms with Crippen molar-refractivity contribution < 1.29 is 32.6 Å². The number of methoxy groups -OCH3 is 1. The molecule has 0 radical (unpaired) electrons. The monoisotopic (exact) mass is 393 g/mol. The highest BCUT2D eigenvalue weighted by Gasteiger charge is 2.16. The van der Waals surface area contributed by atoms with Gasteiger partial charge in [-0.15, -0.1) is 0 Å². The van der Waals surface area contributed by atoms with Crippen molar-refractivity contribution in [3.8, 4) is 11.5 Å². The summed E-state index contributed by atoms with van der Waals surface area (Å²) in [4.78, 5) is 24.0. The van der Waals surface area contributed by atoms with Crippen molar-refractivity contribution >= 4 is 17.6 Å². The van der Waals surface area contributed by atoms with E-state index in [1.165, 1.54) is 19.2 Å². The summed E-state index contributed by atoms with van der Waals surface area (Å²) in [6, 6.07) is 10.9. The average Bonchev–Trinajstić information content (AvgIpc) is 2.66. The molecule has 28 heavy (non-hydrogen) atoms. The number of hydrogen-bond acceptors (Lipinski definition) is 5. The first kappa shape index (κ1) is 21.1. The number of alkyl halides is 2. The van der Waals surface area contributed by atoms with Crippen molar-refractivity contribution in [3.63, 3.8) is 0 Å². The molecule has 0 fully saturated rings. The number of hydrogen-bond donors (Lipinski definition) is 1. The number of carbonyl (C=O) groups excluding carboxylic acids is 2. The topological polar surface area (TPSA) is 73.9 Å². The Hall–Kier alpha value is -3.16. The van der Waals surface area contributed by atoms with Gasteiger partial charge in [-0.2, -0.15) is 8.78 Å². The maximum atomic E-state index is 12.3. The fraction of sp³-hybridized carbons (Fsp3) is 0.300. The minimum atomic E-state index is -3.02. The van der Waals surface area contributed by atoms with Crippen LogP contribution >= 0.6 is 0 Å². The number of ether oxygens (including phenoxy) is 3. The van der Waals surface area contributed by atoms with Crippen LogP contribution in [0.3, 0.4) is 0 Å². The minimum absolute atomic E-state index is 0.0348. The van der Waals surface area contributed by atoms with Gasteiger partial charge in [0.25, 0.3) is 5.91 Å². The maximum absolute atomic E-state index is 12.3. The van der Waals surface area contributed by atoms with Crippen molar-refractivity contribution in [1.29, 1.82) is 0 Å². The van der Waals surface area contributed by atoms with Gasteiger partial charge in [0.05, 0.1) is 12.7 Å². The Morgan fingerprint density at radius 2 is 1.71 bits per heavy atom. The Kier molecular flexibility index (Phi) is 7.31. The molecule has 2 aromatic rings. The highest BCUT2D eigenvalue weighted by atomic mass is 19.3. The lowest BCUT2D eigenvalue weighted by Gasteiger charge is -2.11. The van der Waals surface area contributed by atoms with Crippen LogP contribution in [0.2, 0.25) is 0 Å². The van der Waals surface area contributed by atoms with Crippen LogP contribution in [-0.2, 0) is 9.53 Å². The minimum Gasteiger partial charge on any atom is -0.493 e. The molecule has 2 rings (SSSR count). The molecule has 0 heterocycles. The van der Waals surface area contributed by atoms with E-state index in [1.807, 2.05) is 12.1 Å². The molecule has 8 heteroatoms. The van der Waals surface area contributed by atoms with Crippen molar-refractivity contribution in [2.24, 2.45) is 0 Å². The average molecular weight is 393 g/mol. The van der Waals surface area contributed by atoms with Gasteiger partial charge in [-0.05, 0) is 41.8 Å². The molecule has 0 saturated heterocycles. The molecule has 0 bridgehead atoms. The van der Waals surface area contributed by atoms with Crippen molar-refractivity contribution in [1.82, 2.24) is 0 Å². The van der Waals surface area contributed by atoms with Crippen LogP contribution in [0.15, 0.2) is 42.5 Å². The molecule has 0 atom stereocenters. The number of nitrogens with one attached hydrogen (secondary N) is 1. The zero-order valence-corrected chi connectivity index (χ0v) is 15.7. The van der Waals surface area contributed by atoms with E-state index < -0.39 is 25.1 Å². The number of carbonyl (C=O) groups is 2. The summed E-state index contributed by atoms with van der Waals surface area (Å²) < 4.78 is 38.8. The summed E-state index contributed by atoms with van der Waals surface area (Å²) in [5, 5.41) is 2.62. The van der Waals surface area contributed by atoms with E-state index in [1.54, 1.807) is 12.1 Å². The first-order chi connectivity index (χ1) is 13.3. The van der Waals surface area contributed by atoms with E-state index in [9.17, 15) is 18.4 Å². The zero-order chi connectivity index (χ0) is 20.7. The third-order valence-corrected chi connectivity index (χ3v) is 3.81. The molecule has 0 aliphatic carbocycles. The quantitative estimate of drug-likeness (QED) is 0.680. The Bertz CT molecular complexity index is 822. The van der Waals surface area contributed by atoms with Crippen LogP contribution in [0.4, 0.5) is 14.5 Å². The molecule has 0 aliphatic rings. The van der Waals surface area contributed by atoms with Gasteiger partial charge >= 0.3 is 12.6 Å². The normalized spacial score (nSPS) is 10.7. The number of amides is 1.